The van der Waals surface area contributed by atoms with Gasteiger partial charge in [0.25, 0.3) is 5.56 Å². The van der Waals surface area contributed by atoms with E-state index in [0.717, 1.165) is 0 Å². The minimum Gasteiger partial charge on any atom is -0.495 e. The van der Waals surface area contributed by atoms with Gasteiger partial charge in [-0.05, 0) is 48.9 Å². The van der Waals surface area contributed by atoms with Gasteiger partial charge >= 0.3 is 5.97 Å². The fourth-order valence-electron chi connectivity index (χ4n) is 3.57. The lowest BCUT2D eigenvalue weighted by Gasteiger charge is -2.21. The Labute approximate surface area is 201 Å². The number of carboxylic acids is 1. The minimum absolute atomic E-state index is 0.0948. The number of benzene rings is 2. The average Bonchev–Trinajstić information content (AvgIpc) is 2.82. The van der Waals surface area contributed by atoms with Crippen molar-refractivity contribution < 1.29 is 19.4 Å². The van der Waals surface area contributed by atoms with Gasteiger partial charge in [-0.25, -0.2) is 4.79 Å². The number of pyridine rings is 1. The van der Waals surface area contributed by atoms with E-state index in [1.54, 1.807) is 18.2 Å². The van der Waals surface area contributed by atoms with Crippen molar-refractivity contribution in [3.05, 3.63) is 81.2 Å². The monoisotopic (exact) mass is 479 g/mol. The van der Waals surface area contributed by atoms with E-state index in [2.05, 4.69) is 11.4 Å². The Morgan fingerprint density at radius 2 is 1.88 bits per heavy atom. The highest BCUT2D eigenvalue weighted by molar-refractivity contribution is 6.31. The average molecular weight is 480 g/mol. The second kappa shape index (κ2) is 10.7. The van der Waals surface area contributed by atoms with Gasteiger partial charge < -0.3 is 15.2 Å². The molecule has 8 nitrogen and oxygen atoms in total. The third-order valence-corrected chi connectivity index (χ3v) is 5.49. The topological polar surface area (TPSA) is 121 Å². The fraction of sp³-hybridized carbons (Fsp3) is 0.200. The first-order valence-electron chi connectivity index (χ1n) is 10.4. The van der Waals surface area contributed by atoms with Crippen LogP contribution >= 0.6 is 11.6 Å². The number of hydrogen-bond donors (Lipinski definition) is 2. The third-order valence-electron chi connectivity index (χ3n) is 5.26. The predicted molar refractivity (Wildman–Crippen MR) is 128 cm³/mol. The van der Waals surface area contributed by atoms with E-state index in [4.69, 9.17) is 21.4 Å². The molecule has 3 aromatic rings. The number of rotatable bonds is 8. The Hall–Kier alpha value is -4.09. The number of anilines is 1. The molecular weight excluding hydrogens is 458 g/mol. The molecule has 0 saturated heterocycles. The van der Waals surface area contributed by atoms with Crippen LogP contribution in [0.15, 0.2) is 59.5 Å². The minimum atomic E-state index is -1.07. The van der Waals surface area contributed by atoms with E-state index in [-0.39, 0.29) is 5.56 Å². The van der Waals surface area contributed by atoms with Gasteiger partial charge in [-0.2, -0.15) is 5.26 Å². The standard InChI is InChI=1S/C25H22ClN3O5/c1-3-4-21(24(31)28-18-9-6-15(7-10-18)25(32)33)29-14-22(34-2)20(12-23(29)30)19-11-17(26)8-5-16(19)13-27/h5-12,14,21H,3-4H2,1-2H3,(H,28,31)(H,32,33). The van der Waals surface area contributed by atoms with E-state index in [0.29, 0.717) is 46.0 Å². The number of carboxylic acid groups (broad SMARTS) is 1. The van der Waals surface area contributed by atoms with Crippen molar-refractivity contribution in [2.75, 3.05) is 12.4 Å². The van der Waals surface area contributed by atoms with E-state index < -0.39 is 23.5 Å². The van der Waals surface area contributed by atoms with Gasteiger partial charge in [0, 0.05) is 27.9 Å². The Balaban J connectivity index is 2.01. The normalized spacial score (nSPS) is 11.4. The zero-order valence-corrected chi connectivity index (χ0v) is 19.3. The molecule has 174 valence electrons. The van der Waals surface area contributed by atoms with Gasteiger partial charge in [0.1, 0.15) is 11.8 Å². The van der Waals surface area contributed by atoms with Crippen LogP contribution in [0.2, 0.25) is 5.02 Å². The molecule has 3 rings (SSSR count). The maximum atomic E-state index is 13.1. The van der Waals surface area contributed by atoms with Crippen molar-refractivity contribution in [1.82, 2.24) is 4.57 Å². The number of aromatic carboxylic acids is 1. The third kappa shape index (κ3) is 5.27. The van der Waals surface area contributed by atoms with Gasteiger partial charge in [0.15, 0.2) is 0 Å². The number of carbonyl (C=O) groups excluding carboxylic acids is 1. The van der Waals surface area contributed by atoms with Crippen molar-refractivity contribution in [3.8, 4) is 22.9 Å². The largest absolute Gasteiger partial charge is 0.495 e. The molecule has 0 saturated carbocycles. The number of halogens is 1. The van der Waals surface area contributed by atoms with Gasteiger partial charge in [-0.15, -0.1) is 0 Å². The number of carbonyl (C=O) groups is 2. The number of nitrogens with zero attached hydrogens (tertiary/aromatic N) is 2. The molecule has 1 unspecified atom stereocenters. The Morgan fingerprint density at radius 1 is 1.18 bits per heavy atom. The first-order chi connectivity index (χ1) is 16.3. The van der Waals surface area contributed by atoms with Crippen LogP contribution in [0.4, 0.5) is 5.69 Å². The summed E-state index contributed by atoms with van der Waals surface area (Å²) in [6, 6.07) is 13.0. The van der Waals surface area contributed by atoms with Crippen molar-refractivity contribution in [3.63, 3.8) is 0 Å². The predicted octanol–water partition coefficient (Wildman–Crippen LogP) is 4.73. The summed E-state index contributed by atoms with van der Waals surface area (Å²) in [4.78, 5) is 37.2. The molecule has 0 radical (unpaired) electrons. The summed E-state index contributed by atoms with van der Waals surface area (Å²) in [5.41, 5.74) is 1.22. The lowest BCUT2D eigenvalue weighted by Crippen LogP contribution is -2.33. The summed E-state index contributed by atoms with van der Waals surface area (Å²) < 4.78 is 6.79. The van der Waals surface area contributed by atoms with Crippen LogP contribution in [0.25, 0.3) is 11.1 Å². The number of methoxy groups -OCH3 is 1. The zero-order chi connectivity index (χ0) is 24.8. The number of aromatic nitrogens is 1. The molecule has 1 aromatic heterocycles. The van der Waals surface area contributed by atoms with Crippen molar-refractivity contribution in [2.45, 2.75) is 25.8 Å². The summed E-state index contributed by atoms with van der Waals surface area (Å²) in [5.74, 6) is -1.19. The summed E-state index contributed by atoms with van der Waals surface area (Å²) >= 11 is 6.11. The Kier molecular flexibility index (Phi) is 7.71. The molecule has 0 bridgehead atoms. The number of amides is 1. The first kappa shape index (κ1) is 24.6. The fourth-order valence-corrected chi connectivity index (χ4v) is 3.75. The highest BCUT2D eigenvalue weighted by Gasteiger charge is 2.23. The van der Waals surface area contributed by atoms with Gasteiger partial charge in [-0.1, -0.05) is 24.9 Å². The van der Waals surface area contributed by atoms with Gasteiger partial charge in [0.05, 0.1) is 30.5 Å². The van der Waals surface area contributed by atoms with E-state index in [9.17, 15) is 19.6 Å². The SMILES string of the molecule is CCCC(C(=O)Nc1ccc(C(=O)O)cc1)n1cc(OC)c(-c2cc(Cl)ccc2C#N)cc1=O. The van der Waals surface area contributed by atoms with Crippen LogP contribution in [0.3, 0.4) is 0 Å². The van der Waals surface area contributed by atoms with Crippen molar-refractivity contribution in [1.29, 1.82) is 5.26 Å². The Bertz CT molecular complexity index is 1330. The molecule has 1 atom stereocenters. The molecule has 1 heterocycles. The van der Waals surface area contributed by atoms with Crippen molar-refractivity contribution >= 4 is 29.2 Å². The Morgan fingerprint density at radius 3 is 2.47 bits per heavy atom. The quantitative estimate of drug-likeness (QED) is 0.481. The summed E-state index contributed by atoms with van der Waals surface area (Å²) in [5, 5.41) is 21.6. The van der Waals surface area contributed by atoms with Gasteiger partial charge in [-0.3, -0.25) is 14.2 Å². The number of nitriles is 1. The van der Waals surface area contributed by atoms with Crippen LogP contribution in [0.5, 0.6) is 5.75 Å². The molecule has 0 aliphatic carbocycles. The maximum absolute atomic E-state index is 13.1. The maximum Gasteiger partial charge on any atom is 0.335 e. The highest BCUT2D eigenvalue weighted by Crippen LogP contribution is 2.33. The number of nitrogens with one attached hydrogen (secondary N) is 1. The molecular formula is C25H22ClN3O5. The molecule has 0 aliphatic rings. The summed E-state index contributed by atoms with van der Waals surface area (Å²) in [6.45, 7) is 1.89. The number of hydrogen-bond acceptors (Lipinski definition) is 5. The summed E-state index contributed by atoms with van der Waals surface area (Å²) in [6.07, 6.45) is 2.45. The van der Waals surface area contributed by atoms with Crippen LogP contribution in [-0.2, 0) is 4.79 Å². The van der Waals surface area contributed by atoms with Crippen LogP contribution in [-0.4, -0.2) is 28.7 Å². The van der Waals surface area contributed by atoms with E-state index >= 15 is 0 Å². The van der Waals surface area contributed by atoms with Gasteiger partial charge in [0.2, 0.25) is 5.91 Å². The summed E-state index contributed by atoms with van der Waals surface area (Å²) in [7, 11) is 1.43. The molecule has 1 amide bonds. The molecule has 2 N–H and O–H groups in total. The second-order valence-electron chi connectivity index (χ2n) is 7.48. The van der Waals surface area contributed by atoms with Crippen LogP contribution < -0.4 is 15.6 Å². The molecule has 34 heavy (non-hydrogen) atoms. The lowest BCUT2D eigenvalue weighted by atomic mass is 10.00. The zero-order valence-electron chi connectivity index (χ0n) is 18.5. The van der Waals surface area contributed by atoms with Crippen LogP contribution in [0.1, 0.15) is 41.7 Å². The smallest absolute Gasteiger partial charge is 0.335 e. The van der Waals surface area contributed by atoms with Crippen LogP contribution in [0, 0.1) is 11.3 Å². The lowest BCUT2D eigenvalue weighted by molar-refractivity contribution is -0.119. The molecule has 0 aliphatic heterocycles. The first-order valence-corrected chi connectivity index (χ1v) is 10.8. The molecule has 2 aromatic carbocycles. The number of ether oxygens (including phenoxy) is 1. The van der Waals surface area contributed by atoms with E-state index in [1.807, 2.05) is 6.92 Å². The highest BCUT2D eigenvalue weighted by atomic mass is 35.5. The van der Waals surface area contributed by atoms with E-state index in [1.165, 1.54) is 48.2 Å². The molecule has 9 heteroatoms. The molecule has 0 spiro atoms. The van der Waals surface area contributed by atoms with Crippen molar-refractivity contribution in [2.24, 2.45) is 0 Å². The molecule has 0 fully saturated rings. The second-order valence-corrected chi connectivity index (χ2v) is 7.92.